The Morgan fingerprint density at radius 1 is 1.17 bits per heavy atom. The molecule has 15 nitrogen and oxygen atoms in total. The second-order valence-corrected chi connectivity index (χ2v) is 8.34. The largest absolute Gasteiger partial charge is 0.481 e. The second-order valence-electron chi connectivity index (χ2n) is 8.34. The highest BCUT2D eigenvalue weighted by atomic mass is 16.6. The molecule has 3 atom stereocenters. The Balaban J connectivity index is 2.45. The molecule has 5 amide bonds. The maximum Gasteiger partial charge on any atom is 0.344 e. The van der Waals surface area contributed by atoms with E-state index in [0.717, 1.165) is 6.92 Å². The zero-order valence-corrected chi connectivity index (χ0v) is 19.5. The predicted molar refractivity (Wildman–Crippen MR) is 119 cm³/mol. The maximum atomic E-state index is 13.4. The van der Waals surface area contributed by atoms with Gasteiger partial charge in [-0.3, -0.25) is 29.3 Å². The van der Waals surface area contributed by atoms with Gasteiger partial charge in [0.25, 0.3) is 17.5 Å². The predicted octanol–water partition coefficient (Wildman–Crippen LogP) is -0.110. The molecule has 0 radical (unpaired) electrons. The van der Waals surface area contributed by atoms with Crippen LogP contribution in [0.4, 0.5) is 10.5 Å². The maximum absolute atomic E-state index is 13.4. The van der Waals surface area contributed by atoms with Crippen molar-refractivity contribution in [2.75, 3.05) is 0 Å². The summed E-state index contributed by atoms with van der Waals surface area (Å²) in [7, 11) is 0. The third-order valence-electron chi connectivity index (χ3n) is 5.23. The van der Waals surface area contributed by atoms with Crippen LogP contribution < -0.4 is 10.6 Å². The number of amides is 5. The Hall–Kier alpha value is -4.56. The fraction of sp³-hybridized carbons (Fsp3) is 0.429. The Morgan fingerprint density at radius 3 is 2.19 bits per heavy atom. The van der Waals surface area contributed by atoms with Gasteiger partial charge in [-0.1, -0.05) is 26.0 Å². The lowest BCUT2D eigenvalue weighted by molar-refractivity contribution is -0.384. The molecule has 1 fully saturated rings. The second kappa shape index (κ2) is 11.2. The topological polar surface area (TPSA) is 217 Å². The van der Waals surface area contributed by atoms with Gasteiger partial charge in [-0.2, -0.15) is 5.01 Å². The first-order chi connectivity index (χ1) is 16.7. The summed E-state index contributed by atoms with van der Waals surface area (Å²) in [5.41, 5.74) is 0.238. The normalized spacial score (nSPS) is 16.8. The number of carbonyl (C=O) groups is 6. The number of carboxylic acids is 2. The number of hydrogen-bond donors (Lipinski definition) is 4. The van der Waals surface area contributed by atoms with Crippen LogP contribution >= 0.6 is 0 Å². The number of urea groups is 1. The SMILES string of the molecule is CC(=O)N[C@@H](CC(=O)O)C(=O)N([C@H](C(=O)O)C(C)C)N1C(=O)N[C@@H](Cc2ccc([N+](=O)[O-])cc2)C1=O. The van der Waals surface area contributed by atoms with E-state index in [1.54, 1.807) is 0 Å². The van der Waals surface area contributed by atoms with Crippen LogP contribution in [0.25, 0.3) is 0 Å². The highest BCUT2D eigenvalue weighted by molar-refractivity contribution is 6.06. The van der Waals surface area contributed by atoms with Gasteiger partial charge in [0, 0.05) is 25.5 Å². The number of aliphatic carboxylic acids is 2. The number of hydrazine groups is 1. The number of hydrogen-bond acceptors (Lipinski definition) is 8. The minimum Gasteiger partial charge on any atom is -0.481 e. The molecule has 0 aromatic heterocycles. The van der Waals surface area contributed by atoms with E-state index in [0.29, 0.717) is 15.6 Å². The van der Waals surface area contributed by atoms with E-state index in [2.05, 4.69) is 10.6 Å². The first-order valence-corrected chi connectivity index (χ1v) is 10.7. The number of nitro groups is 1. The molecule has 1 aromatic carbocycles. The number of nitrogens with zero attached hydrogens (tertiary/aromatic N) is 3. The molecule has 1 aliphatic rings. The molecule has 1 heterocycles. The summed E-state index contributed by atoms with van der Waals surface area (Å²) in [4.78, 5) is 84.5. The van der Waals surface area contributed by atoms with E-state index in [9.17, 15) is 49.1 Å². The van der Waals surface area contributed by atoms with Crippen LogP contribution in [0.1, 0.15) is 32.8 Å². The average molecular weight is 507 g/mol. The summed E-state index contributed by atoms with van der Waals surface area (Å²) in [5.74, 6) is -6.99. The van der Waals surface area contributed by atoms with Crippen molar-refractivity contribution in [1.29, 1.82) is 0 Å². The number of imide groups is 1. The van der Waals surface area contributed by atoms with E-state index in [1.807, 2.05) is 0 Å². The Kier molecular flexibility index (Phi) is 8.65. The molecular formula is C21H25N5O10. The third-order valence-corrected chi connectivity index (χ3v) is 5.23. The zero-order valence-electron chi connectivity index (χ0n) is 19.5. The molecule has 15 heteroatoms. The van der Waals surface area contributed by atoms with Gasteiger partial charge >= 0.3 is 18.0 Å². The van der Waals surface area contributed by atoms with Crippen molar-refractivity contribution in [3.8, 4) is 0 Å². The molecule has 4 N–H and O–H groups in total. The van der Waals surface area contributed by atoms with Crippen LogP contribution in [-0.4, -0.2) is 79.0 Å². The molecule has 1 aliphatic heterocycles. The highest BCUT2D eigenvalue weighted by Gasteiger charge is 2.49. The first kappa shape index (κ1) is 27.7. The van der Waals surface area contributed by atoms with Gasteiger partial charge in [-0.05, 0) is 11.5 Å². The molecule has 0 bridgehead atoms. The summed E-state index contributed by atoms with van der Waals surface area (Å²) >= 11 is 0. The Labute approximate surface area is 204 Å². The highest BCUT2D eigenvalue weighted by Crippen LogP contribution is 2.23. The van der Waals surface area contributed by atoms with Crippen molar-refractivity contribution in [3.63, 3.8) is 0 Å². The Morgan fingerprint density at radius 2 is 1.75 bits per heavy atom. The van der Waals surface area contributed by atoms with Crippen molar-refractivity contribution in [3.05, 3.63) is 39.9 Å². The van der Waals surface area contributed by atoms with Crippen LogP contribution in [0, 0.1) is 16.0 Å². The van der Waals surface area contributed by atoms with E-state index >= 15 is 0 Å². The van der Waals surface area contributed by atoms with Gasteiger partial charge in [0.05, 0.1) is 11.3 Å². The van der Waals surface area contributed by atoms with Crippen molar-refractivity contribution < 1.29 is 43.9 Å². The van der Waals surface area contributed by atoms with E-state index in [4.69, 9.17) is 0 Å². The zero-order chi connectivity index (χ0) is 27.3. The number of non-ortho nitro benzene ring substituents is 1. The lowest BCUT2D eigenvalue weighted by atomic mass is 10.0. The number of carbonyl (C=O) groups excluding carboxylic acids is 4. The Bertz CT molecular complexity index is 1070. The molecule has 1 saturated heterocycles. The fourth-order valence-electron chi connectivity index (χ4n) is 3.66. The van der Waals surface area contributed by atoms with E-state index in [-0.39, 0.29) is 12.1 Å². The van der Waals surface area contributed by atoms with Crippen LogP contribution in [0.5, 0.6) is 0 Å². The summed E-state index contributed by atoms with van der Waals surface area (Å²) in [5, 5.41) is 34.9. The molecule has 1 aromatic rings. The summed E-state index contributed by atoms with van der Waals surface area (Å²) < 4.78 is 0. The molecule has 0 saturated carbocycles. The lowest BCUT2D eigenvalue weighted by Crippen LogP contribution is -2.63. The molecule has 0 aliphatic carbocycles. The fourth-order valence-corrected chi connectivity index (χ4v) is 3.66. The van der Waals surface area contributed by atoms with Crippen LogP contribution in [-0.2, 0) is 30.4 Å². The minimum atomic E-state index is -1.77. The summed E-state index contributed by atoms with van der Waals surface area (Å²) in [6.07, 6.45) is -1.07. The van der Waals surface area contributed by atoms with E-state index < -0.39 is 71.1 Å². The van der Waals surface area contributed by atoms with Crippen LogP contribution in [0.3, 0.4) is 0 Å². The van der Waals surface area contributed by atoms with E-state index in [1.165, 1.54) is 38.1 Å². The van der Waals surface area contributed by atoms with Crippen molar-refractivity contribution >= 4 is 41.4 Å². The third kappa shape index (κ3) is 6.31. The van der Waals surface area contributed by atoms with Crippen LogP contribution in [0.2, 0.25) is 0 Å². The monoisotopic (exact) mass is 507 g/mol. The number of nitrogens with one attached hydrogen (secondary N) is 2. The average Bonchev–Trinajstić information content (AvgIpc) is 3.02. The van der Waals surface area contributed by atoms with Crippen molar-refractivity contribution in [2.24, 2.45) is 5.92 Å². The quantitative estimate of drug-likeness (QED) is 0.177. The smallest absolute Gasteiger partial charge is 0.344 e. The molecule has 194 valence electrons. The molecule has 0 spiro atoms. The molecule has 2 rings (SSSR count). The van der Waals surface area contributed by atoms with Gasteiger partial charge in [0.15, 0.2) is 6.04 Å². The standard InChI is InChI=1S/C21H25N5O10/c1-10(2)17(20(32)33)24(18(30)15(9-16(28)29)22-11(3)27)25-19(31)14(23-21(25)34)8-12-4-6-13(7-5-12)26(35)36/h4-7,10,14-15,17H,8-9H2,1-3H3,(H,22,27)(H,23,34)(H,28,29)(H,32,33)/t14-,15-,17-/m0/s1. The van der Waals surface area contributed by atoms with Crippen LogP contribution in [0.15, 0.2) is 24.3 Å². The molecular weight excluding hydrogens is 482 g/mol. The first-order valence-electron chi connectivity index (χ1n) is 10.7. The lowest BCUT2D eigenvalue weighted by Gasteiger charge is -2.37. The van der Waals surface area contributed by atoms with Gasteiger partial charge in [-0.15, -0.1) is 0 Å². The van der Waals surface area contributed by atoms with Gasteiger partial charge in [0.2, 0.25) is 5.91 Å². The van der Waals surface area contributed by atoms with Gasteiger partial charge < -0.3 is 20.8 Å². The summed E-state index contributed by atoms with van der Waals surface area (Å²) in [6.45, 7) is 3.84. The molecule has 36 heavy (non-hydrogen) atoms. The summed E-state index contributed by atoms with van der Waals surface area (Å²) in [6, 6.07) is -0.779. The van der Waals surface area contributed by atoms with Crippen molar-refractivity contribution in [1.82, 2.24) is 20.7 Å². The van der Waals surface area contributed by atoms with Crippen molar-refractivity contribution in [2.45, 2.75) is 51.7 Å². The number of benzene rings is 1. The number of nitro benzene ring substituents is 1. The molecule has 0 unspecified atom stereocenters. The number of carboxylic acid groups (broad SMARTS) is 2. The number of rotatable bonds is 11. The van der Waals surface area contributed by atoms with Gasteiger partial charge in [-0.25, -0.2) is 14.6 Å². The van der Waals surface area contributed by atoms with Gasteiger partial charge in [0.1, 0.15) is 12.1 Å². The minimum absolute atomic E-state index is 0.134.